The van der Waals surface area contributed by atoms with Crippen LogP contribution in [0.1, 0.15) is 41.7 Å². The fourth-order valence-corrected chi connectivity index (χ4v) is 4.18. The van der Waals surface area contributed by atoms with Crippen molar-refractivity contribution in [1.82, 2.24) is 14.9 Å². The number of nitrogens with zero attached hydrogens (tertiary/aromatic N) is 2. The maximum atomic E-state index is 12.0. The third-order valence-corrected chi connectivity index (χ3v) is 5.71. The Morgan fingerprint density at radius 2 is 2.32 bits per heavy atom. The van der Waals surface area contributed by atoms with Crippen LogP contribution in [-0.2, 0) is 16.0 Å². The van der Waals surface area contributed by atoms with Gasteiger partial charge in [0.15, 0.2) is 0 Å². The van der Waals surface area contributed by atoms with Crippen LogP contribution in [0.15, 0.2) is 11.6 Å². The predicted molar refractivity (Wildman–Crippen MR) is 98.0 cm³/mol. The number of esters is 1. The second-order valence-corrected chi connectivity index (χ2v) is 7.47. The molecule has 0 unspecified atom stereocenters. The third-order valence-electron chi connectivity index (χ3n) is 4.71. The first-order valence-corrected chi connectivity index (χ1v) is 9.75. The number of carbonyl (C=O) groups excluding carboxylic acids is 1. The summed E-state index contributed by atoms with van der Waals surface area (Å²) >= 11 is 1.41. The molecule has 0 saturated carbocycles. The summed E-state index contributed by atoms with van der Waals surface area (Å²) in [4.78, 5) is 18.3. The number of thiophene rings is 1. The van der Waals surface area contributed by atoms with Crippen LogP contribution < -0.4 is 5.32 Å². The van der Waals surface area contributed by atoms with Gasteiger partial charge in [-0.05, 0) is 51.4 Å². The number of aromatic nitrogens is 2. The predicted octanol–water partition coefficient (Wildman–Crippen LogP) is 2.83. The van der Waals surface area contributed by atoms with Gasteiger partial charge < -0.3 is 19.4 Å². The highest BCUT2D eigenvalue weighted by Gasteiger charge is 2.23. The van der Waals surface area contributed by atoms with Crippen LogP contribution in [0.25, 0.3) is 16.4 Å². The highest BCUT2D eigenvalue weighted by Crippen LogP contribution is 2.30. The van der Waals surface area contributed by atoms with E-state index in [2.05, 4.69) is 16.0 Å². The topological polar surface area (TPSA) is 65.4 Å². The maximum Gasteiger partial charge on any atom is 0.348 e. The van der Waals surface area contributed by atoms with E-state index in [1.165, 1.54) is 16.9 Å². The van der Waals surface area contributed by atoms with Crippen molar-refractivity contribution in [3.63, 3.8) is 0 Å². The zero-order valence-electron chi connectivity index (χ0n) is 14.4. The number of piperidine rings is 1. The molecule has 2 aliphatic heterocycles. The molecule has 6 nitrogen and oxygen atoms in total. The molecule has 2 aromatic rings. The third kappa shape index (κ3) is 3.49. The summed E-state index contributed by atoms with van der Waals surface area (Å²) in [5, 5.41) is 3.38. The van der Waals surface area contributed by atoms with E-state index >= 15 is 0 Å². The van der Waals surface area contributed by atoms with Gasteiger partial charge in [-0.2, -0.15) is 0 Å². The summed E-state index contributed by atoms with van der Waals surface area (Å²) < 4.78 is 12.9. The van der Waals surface area contributed by atoms with Gasteiger partial charge >= 0.3 is 5.97 Å². The van der Waals surface area contributed by atoms with Gasteiger partial charge in [0.1, 0.15) is 15.5 Å². The molecular formula is C18H23N3O3S. The number of hydrogen-bond donors (Lipinski definition) is 1. The van der Waals surface area contributed by atoms with Crippen LogP contribution >= 0.6 is 11.3 Å². The van der Waals surface area contributed by atoms with E-state index in [1.807, 2.05) is 13.0 Å². The molecule has 0 aliphatic carbocycles. The monoisotopic (exact) mass is 361 g/mol. The quantitative estimate of drug-likeness (QED) is 0.830. The molecule has 0 bridgehead atoms. The molecule has 0 amide bonds. The fourth-order valence-electron chi connectivity index (χ4n) is 3.24. The Kier molecular flexibility index (Phi) is 4.87. The molecule has 25 heavy (non-hydrogen) atoms. The van der Waals surface area contributed by atoms with Crippen LogP contribution in [0.4, 0.5) is 0 Å². The summed E-state index contributed by atoms with van der Waals surface area (Å²) in [5.41, 5.74) is 2.43. The summed E-state index contributed by atoms with van der Waals surface area (Å²) in [5.74, 6) is 0.708. The first kappa shape index (κ1) is 16.8. The maximum absolute atomic E-state index is 12.0. The van der Waals surface area contributed by atoms with Gasteiger partial charge in [-0.25, -0.2) is 9.78 Å². The van der Waals surface area contributed by atoms with E-state index in [9.17, 15) is 4.79 Å². The normalized spacial score (nSPS) is 20.5. The Bertz CT molecular complexity index is 796. The minimum atomic E-state index is -0.268. The molecule has 1 atom stereocenters. The van der Waals surface area contributed by atoms with Crippen molar-refractivity contribution in [1.29, 1.82) is 0 Å². The second kappa shape index (κ2) is 7.27. The lowest BCUT2D eigenvalue weighted by Gasteiger charge is -2.27. The van der Waals surface area contributed by atoms with Gasteiger partial charge in [0, 0.05) is 6.61 Å². The number of imidazole rings is 1. The number of ether oxygens (including phenoxy) is 2. The number of fused-ring (bicyclic) bond motifs is 1. The average Bonchev–Trinajstić information content (AvgIpc) is 3.11. The Morgan fingerprint density at radius 1 is 1.52 bits per heavy atom. The van der Waals surface area contributed by atoms with Crippen molar-refractivity contribution in [2.24, 2.45) is 0 Å². The van der Waals surface area contributed by atoms with Crippen molar-refractivity contribution in [3.8, 4) is 0 Å². The van der Waals surface area contributed by atoms with Crippen molar-refractivity contribution in [2.75, 3.05) is 26.3 Å². The van der Waals surface area contributed by atoms with Gasteiger partial charge in [0.2, 0.25) is 0 Å². The molecule has 2 aliphatic rings. The van der Waals surface area contributed by atoms with Crippen molar-refractivity contribution >= 4 is 33.7 Å². The molecule has 2 aromatic heterocycles. The SMILES string of the molecule is CCOC(=O)c1cc2c(nc(C=C3CCNCC3)n2C[C@@H]2CCO2)s1. The Hall–Kier alpha value is -1.70. The minimum Gasteiger partial charge on any atom is -0.462 e. The molecule has 0 spiro atoms. The van der Waals surface area contributed by atoms with E-state index in [-0.39, 0.29) is 12.1 Å². The molecule has 0 radical (unpaired) electrons. The number of hydrogen-bond acceptors (Lipinski definition) is 6. The first-order valence-electron chi connectivity index (χ1n) is 8.93. The smallest absolute Gasteiger partial charge is 0.348 e. The van der Waals surface area contributed by atoms with Crippen LogP contribution in [0.2, 0.25) is 0 Å². The van der Waals surface area contributed by atoms with E-state index in [1.54, 1.807) is 0 Å². The van der Waals surface area contributed by atoms with Crippen LogP contribution in [0.3, 0.4) is 0 Å². The number of rotatable bonds is 5. The molecule has 4 rings (SSSR count). The van der Waals surface area contributed by atoms with E-state index in [0.717, 1.165) is 61.7 Å². The highest BCUT2D eigenvalue weighted by atomic mass is 32.1. The summed E-state index contributed by atoms with van der Waals surface area (Å²) in [6.45, 7) is 5.88. The van der Waals surface area contributed by atoms with Crippen LogP contribution in [-0.4, -0.2) is 47.9 Å². The molecule has 1 N–H and O–H groups in total. The Balaban J connectivity index is 1.69. The van der Waals surface area contributed by atoms with E-state index in [0.29, 0.717) is 11.5 Å². The van der Waals surface area contributed by atoms with E-state index in [4.69, 9.17) is 14.5 Å². The first-order chi connectivity index (χ1) is 12.2. The summed E-state index contributed by atoms with van der Waals surface area (Å²) in [6, 6.07) is 1.91. The summed E-state index contributed by atoms with van der Waals surface area (Å²) in [7, 11) is 0. The largest absolute Gasteiger partial charge is 0.462 e. The minimum absolute atomic E-state index is 0.244. The Labute approximate surface area is 150 Å². The highest BCUT2D eigenvalue weighted by molar-refractivity contribution is 7.20. The zero-order valence-corrected chi connectivity index (χ0v) is 15.2. The van der Waals surface area contributed by atoms with Gasteiger partial charge in [-0.3, -0.25) is 0 Å². The number of nitrogens with one attached hydrogen (secondary N) is 1. The van der Waals surface area contributed by atoms with Crippen molar-refractivity contribution in [2.45, 2.75) is 38.8 Å². The van der Waals surface area contributed by atoms with E-state index < -0.39 is 0 Å². The summed E-state index contributed by atoms with van der Waals surface area (Å²) in [6.07, 6.45) is 5.67. The van der Waals surface area contributed by atoms with Crippen molar-refractivity contribution in [3.05, 3.63) is 22.3 Å². The molecule has 134 valence electrons. The average molecular weight is 361 g/mol. The lowest BCUT2D eigenvalue weighted by Crippen LogP contribution is -2.31. The van der Waals surface area contributed by atoms with Gasteiger partial charge in [-0.1, -0.05) is 5.57 Å². The molecule has 7 heteroatoms. The van der Waals surface area contributed by atoms with Gasteiger partial charge in [0.25, 0.3) is 0 Å². The lowest BCUT2D eigenvalue weighted by molar-refractivity contribution is -0.0587. The fraction of sp³-hybridized carbons (Fsp3) is 0.556. The molecule has 2 fully saturated rings. The zero-order chi connectivity index (χ0) is 17.2. The van der Waals surface area contributed by atoms with Crippen molar-refractivity contribution < 1.29 is 14.3 Å². The standard InChI is InChI=1S/C18H23N3O3S/c1-2-23-18(22)15-10-14-17(25-15)20-16(9-12-3-6-19-7-4-12)21(14)11-13-5-8-24-13/h9-10,13,19H,2-8,11H2,1H3/t13-/m0/s1. The second-order valence-electron chi connectivity index (χ2n) is 6.44. The van der Waals surface area contributed by atoms with Gasteiger partial charge in [0.05, 0.1) is 24.8 Å². The molecule has 0 aromatic carbocycles. The Morgan fingerprint density at radius 3 is 3.00 bits per heavy atom. The van der Waals surface area contributed by atoms with Crippen LogP contribution in [0, 0.1) is 0 Å². The lowest BCUT2D eigenvalue weighted by atomic mass is 10.1. The molecular weight excluding hydrogens is 338 g/mol. The molecule has 4 heterocycles. The molecule has 2 saturated heterocycles. The van der Waals surface area contributed by atoms with Gasteiger partial charge in [-0.15, -0.1) is 11.3 Å². The van der Waals surface area contributed by atoms with Crippen LogP contribution in [0.5, 0.6) is 0 Å². The number of carbonyl (C=O) groups is 1.